The number of hydrogen-bond donors (Lipinski definition) is 2. The van der Waals surface area contributed by atoms with Gasteiger partial charge in [-0.2, -0.15) is 13.2 Å². The number of hydrogen-bond acceptors (Lipinski definition) is 2. The number of alkyl halides is 3. The smallest absolute Gasteiger partial charge is 0.416 e. The van der Waals surface area contributed by atoms with Gasteiger partial charge in [0.05, 0.1) is 11.0 Å². The predicted octanol–water partition coefficient (Wildman–Crippen LogP) is 3.02. The molecule has 1 aromatic rings. The third kappa shape index (κ3) is 2.73. The Morgan fingerprint density at radius 2 is 1.58 bits per heavy atom. The lowest BCUT2D eigenvalue weighted by Crippen LogP contribution is -2.45. The normalized spacial score (nSPS) is 15.9. The van der Waals surface area contributed by atoms with Crippen LogP contribution in [0.1, 0.15) is 31.9 Å². The molecule has 0 fully saturated rings. The largest absolute Gasteiger partial charge is 0.481 e. The Bertz CT molecular complexity index is 490. The van der Waals surface area contributed by atoms with E-state index in [1.165, 1.54) is 26.8 Å². The van der Waals surface area contributed by atoms with Gasteiger partial charge in [0.2, 0.25) is 0 Å². The zero-order valence-corrected chi connectivity index (χ0v) is 10.7. The number of carboxylic acids is 1. The first-order valence-corrected chi connectivity index (χ1v) is 5.54. The van der Waals surface area contributed by atoms with E-state index in [0.29, 0.717) is 0 Å². The molecule has 0 amide bonds. The predicted molar refractivity (Wildman–Crippen MR) is 62.4 cm³/mol. The first-order valence-electron chi connectivity index (χ1n) is 5.54. The summed E-state index contributed by atoms with van der Waals surface area (Å²) in [6.45, 7) is 3.71. The molecule has 19 heavy (non-hydrogen) atoms. The summed E-state index contributed by atoms with van der Waals surface area (Å²) in [5.41, 5.74) is -4.57. The Kier molecular flexibility index (Phi) is 3.69. The van der Waals surface area contributed by atoms with Crippen LogP contribution in [0.5, 0.6) is 0 Å². The van der Waals surface area contributed by atoms with Crippen LogP contribution in [0.15, 0.2) is 24.3 Å². The highest BCUT2D eigenvalue weighted by molar-refractivity contribution is 5.75. The van der Waals surface area contributed by atoms with Gasteiger partial charge in [0.15, 0.2) is 0 Å². The van der Waals surface area contributed by atoms with Crippen LogP contribution in [0.4, 0.5) is 13.2 Å². The van der Waals surface area contributed by atoms with E-state index in [1.807, 2.05) is 0 Å². The number of aliphatic carboxylic acids is 1. The van der Waals surface area contributed by atoms with Crippen LogP contribution in [0.25, 0.3) is 0 Å². The molecule has 3 nitrogen and oxygen atoms in total. The minimum absolute atomic E-state index is 0.0882. The summed E-state index contributed by atoms with van der Waals surface area (Å²) < 4.78 is 37.8. The fraction of sp³-hybridized carbons (Fsp3) is 0.462. The lowest BCUT2D eigenvalue weighted by atomic mass is 9.72. The topological polar surface area (TPSA) is 57.5 Å². The highest BCUT2D eigenvalue weighted by Crippen LogP contribution is 2.41. The van der Waals surface area contributed by atoms with Crippen molar-refractivity contribution in [2.75, 3.05) is 0 Å². The molecule has 0 aliphatic heterocycles. The highest BCUT2D eigenvalue weighted by atomic mass is 19.4. The van der Waals surface area contributed by atoms with Crippen LogP contribution in [0.3, 0.4) is 0 Å². The third-order valence-electron chi connectivity index (χ3n) is 3.50. The highest BCUT2D eigenvalue weighted by Gasteiger charge is 2.47. The fourth-order valence-electron chi connectivity index (χ4n) is 1.57. The van der Waals surface area contributed by atoms with Gasteiger partial charge in [-0.05, 0) is 38.5 Å². The zero-order valence-electron chi connectivity index (χ0n) is 10.7. The SMILES string of the molecule is CC(C)(C(=O)O)C(C)(O)c1cccc(C(F)(F)F)c1. The Morgan fingerprint density at radius 3 is 2.00 bits per heavy atom. The monoisotopic (exact) mass is 276 g/mol. The van der Waals surface area contributed by atoms with Crippen molar-refractivity contribution >= 4 is 5.97 Å². The molecular weight excluding hydrogens is 261 g/mol. The second-order valence-corrected chi connectivity index (χ2v) is 5.08. The van der Waals surface area contributed by atoms with Crippen molar-refractivity contribution in [1.82, 2.24) is 0 Å². The van der Waals surface area contributed by atoms with E-state index in [2.05, 4.69) is 0 Å². The molecule has 2 N–H and O–H groups in total. The first kappa shape index (κ1) is 15.5. The number of carbonyl (C=O) groups is 1. The summed E-state index contributed by atoms with van der Waals surface area (Å²) in [7, 11) is 0. The molecule has 0 aromatic heterocycles. The van der Waals surface area contributed by atoms with Gasteiger partial charge < -0.3 is 10.2 Å². The molecule has 1 unspecified atom stereocenters. The first-order chi connectivity index (χ1) is 8.40. The molecule has 6 heteroatoms. The number of aliphatic hydroxyl groups is 1. The van der Waals surface area contributed by atoms with Gasteiger partial charge in [0.25, 0.3) is 0 Å². The number of benzene rings is 1. The van der Waals surface area contributed by atoms with Crippen molar-refractivity contribution in [3.63, 3.8) is 0 Å². The summed E-state index contributed by atoms with van der Waals surface area (Å²) in [6.07, 6.45) is -4.54. The molecule has 0 saturated heterocycles. The Labute approximate surface area is 108 Å². The van der Waals surface area contributed by atoms with E-state index >= 15 is 0 Å². The second-order valence-electron chi connectivity index (χ2n) is 5.08. The van der Waals surface area contributed by atoms with Gasteiger partial charge in [0.1, 0.15) is 5.60 Å². The minimum Gasteiger partial charge on any atom is -0.481 e. The van der Waals surface area contributed by atoms with Crippen LogP contribution in [0.2, 0.25) is 0 Å². The van der Waals surface area contributed by atoms with Crippen molar-refractivity contribution < 1.29 is 28.2 Å². The molecule has 0 spiro atoms. The maximum Gasteiger partial charge on any atom is 0.416 e. The lowest BCUT2D eigenvalue weighted by molar-refractivity contribution is -0.164. The van der Waals surface area contributed by atoms with Gasteiger partial charge >= 0.3 is 12.1 Å². The summed E-state index contributed by atoms with van der Waals surface area (Å²) in [5.74, 6) is -1.30. The van der Waals surface area contributed by atoms with Crippen molar-refractivity contribution in [2.45, 2.75) is 32.5 Å². The Hall–Kier alpha value is -1.56. The number of carboxylic acid groups (broad SMARTS) is 1. The van der Waals surface area contributed by atoms with Gasteiger partial charge in [-0.3, -0.25) is 4.79 Å². The van der Waals surface area contributed by atoms with E-state index in [4.69, 9.17) is 5.11 Å². The molecule has 1 atom stereocenters. The molecule has 0 aliphatic rings. The van der Waals surface area contributed by atoms with Gasteiger partial charge in [-0.15, -0.1) is 0 Å². The van der Waals surface area contributed by atoms with Crippen LogP contribution in [-0.2, 0) is 16.6 Å². The molecule has 0 aliphatic carbocycles. The van der Waals surface area contributed by atoms with Gasteiger partial charge in [-0.1, -0.05) is 12.1 Å². The van der Waals surface area contributed by atoms with E-state index in [-0.39, 0.29) is 5.56 Å². The Balaban J connectivity index is 3.34. The van der Waals surface area contributed by atoms with E-state index in [0.717, 1.165) is 18.2 Å². The second kappa shape index (κ2) is 4.52. The van der Waals surface area contributed by atoms with E-state index in [1.54, 1.807) is 0 Å². The quantitative estimate of drug-likeness (QED) is 0.892. The van der Waals surface area contributed by atoms with Crippen LogP contribution in [-0.4, -0.2) is 16.2 Å². The van der Waals surface area contributed by atoms with Crippen LogP contribution >= 0.6 is 0 Å². The average Bonchev–Trinajstić information content (AvgIpc) is 2.27. The third-order valence-corrected chi connectivity index (χ3v) is 3.50. The number of halogens is 3. The molecule has 0 heterocycles. The lowest BCUT2D eigenvalue weighted by Gasteiger charge is -2.37. The molecule has 0 bridgehead atoms. The van der Waals surface area contributed by atoms with Crippen molar-refractivity contribution in [3.8, 4) is 0 Å². The summed E-state index contributed by atoms with van der Waals surface area (Å²) in [5, 5.41) is 19.4. The zero-order chi connectivity index (χ0) is 15.1. The summed E-state index contributed by atoms with van der Waals surface area (Å²) in [4.78, 5) is 11.1. The molecule has 1 rings (SSSR count). The van der Waals surface area contributed by atoms with Crippen LogP contribution in [0, 0.1) is 5.41 Å². The summed E-state index contributed by atoms with van der Waals surface area (Å²) in [6, 6.07) is 4.06. The standard InChI is InChI=1S/C13H15F3O3/c1-11(2,10(17)18)12(3,19)8-5-4-6-9(7-8)13(14,15)16/h4-7,19H,1-3H3,(H,17,18). The average molecular weight is 276 g/mol. The number of rotatable bonds is 3. The molecule has 106 valence electrons. The molecule has 0 radical (unpaired) electrons. The molecule has 1 aromatic carbocycles. The fourth-order valence-corrected chi connectivity index (χ4v) is 1.57. The van der Waals surface area contributed by atoms with Gasteiger partial charge in [-0.25, -0.2) is 0 Å². The van der Waals surface area contributed by atoms with E-state index in [9.17, 15) is 23.1 Å². The van der Waals surface area contributed by atoms with Crippen molar-refractivity contribution in [1.29, 1.82) is 0 Å². The van der Waals surface area contributed by atoms with Crippen molar-refractivity contribution in [2.24, 2.45) is 5.41 Å². The molecular formula is C13H15F3O3. The minimum atomic E-state index is -4.54. The van der Waals surface area contributed by atoms with Crippen LogP contribution < -0.4 is 0 Å². The molecule has 0 saturated carbocycles. The maximum absolute atomic E-state index is 12.6. The van der Waals surface area contributed by atoms with E-state index < -0.39 is 28.7 Å². The van der Waals surface area contributed by atoms with Gasteiger partial charge in [0, 0.05) is 0 Å². The Morgan fingerprint density at radius 1 is 1.11 bits per heavy atom. The summed E-state index contributed by atoms with van der Waals surface area (Å²) >= 11 is 0. The van der Waals surface area contributed by atoms with Crippen molar-refractivity contribution in [3.05, 3.63) is 35.4 Å². The maximum atomic E-state index is 12.6.